The van der Waals surface area contributed by atoms with Gasteiger partial charge in [-0.3, -0.25) is 4.98 Å². The quantitative estimate of drug-likeness (QED) is 0.207. The second kappa shape index (κ2) is 9.70. The Morgan fingerprint density at radius 3 is 1.85 bits per heavy atom. The Morgan fingerprint density at radius 1 is 0.500 bits per heavy atom. The van der Waals surface area contributed by atoms with Crippen molar-refractivity contribution in [1.82, 2.24) is 15.0 Å². The van der Waals surface area contributed by atoms with Crippen LogP contribution in [0, 0.1) is 17.5 Å². The van der Waals surface area contributed by atoms with E-state index in [0.717, 1.165) is 66.3 Å². The van der Waals surface area contributed by atoms with Gasteiger partial charge in [0.05, 0.1) is 33.1 Å². The average molecular weight is 546 g/mol. The molecule has 0 saturated heterocycles. The second-order valence-corrected chi connectivity index (χ2v) is 10.4. The summed E-state index contributed by atoms with van der Waals surface area (Å²) in [6.45, 7) is 0. The summed E-state index contributed by atoms with van der Waals surface area (Å²) >= 11 is 1.67. The largest absolute Gasteiger partial charge is 0.252 e. The molecule has 0 aliphatic rings. The van der Waals surface area contributed by atoms with Gasteiger partial charge in [0.25, 0.3) is 0 Å². The molecule has 5 aromatic carbocycles. The van der Waals surface area contributed by atoms with Crippen molar-refractivity contribution >= 4 is 32.6 Å². The number of benzene rings is 5. The number of hydrogen-bond acceptors (Lipinski definition) is 4. The van der Waals surface area contributed by atoms with Gasteiger partial charge in [-0.05, 0) is 58.7 Å². The number of rotatable bonds is 4. The molecule has 0 fully saturated rings. The summed E-state index contributed by atoms with van der Waals surface area (Å²) < 4.78 is 41.8. The zero-order valence-corrected chi connectivity index (χ0v) is 21.6. The average Bonchev–Trinajstić information content (AvgIpc) is 3.44. The zero-order valence-electron chi connectivity index (χ0n) is 20.8. The normalized spacial score (nSPS) is 11.4. The lowest BCUT2D eigenvalue weighted by Crippen LogP contribution is -1.92. The van der Waals surface area contributed by atoms with Crippen LogP contribution in [0.1, 0.15) is 0 Å². The molecule has 0 atom stereocenters. The molecule has 0 N–H and O–H groups in total. The molecule has 0 saturated carbocycles. The highest BCUT2D eigenvalue weighted by Crippen LogP contribution is 2.32. The van der Waals surface area contributed by atoms with Gasteiger partial charge < -0.3 is 0 Å². The molecule has 40 heavy (non-hydrogen) atoms. The van der Waals surface area contributed by atoms with Crippen molar-refractivity contribution in [2.45, 2.75) is 0 Å². The van der Waals surface area contributed by atoms with Gasteiger partial charge >= 0.3 is 0 Å². The van der Waals surface area contributed by atoms with Crippen LogP contribution in [0.15, 0.2) is 109 Å². The molecule has 0 bridgehead atoms. The molecule has 0 spiro atoms. The van der Waals surface area contributed by atoms with Gasteiger partial charge in [-0.2, -0.15) is 0 Å². The van der Waals surface area contributed by atoms with Gasteiger partial charge in [0.2, 0.25) is 0 Å². The molecule has 0 aliphatic heterocycles. The summed E-state index contributed by atoms with van der Waals surface area (Å²) in [6, 6.07) is 31.3. The Hall–Kier alpha value is -4.88. The van der Waals surface area contributed by atoms with Crippen LogP contribution in [0.3, 0.4) is 0 Å². The van der Waals surface area contributed by atoms with Gasteiger partial charge in [-0.25, -0.2) is 23.1 Å². The molecule has 0 unspecified atom stereocenters. The van der Waals surface area contributed by atoms with Crippen LogP contribution in [0.25, 0.3) is 65.3 Å². The Balaban J connectivity index is 1.14. The molecule has 2 heterocycles. The topological polar surface area (TPSA) is 38.7 Å². The van der Waals surface area contributed by atoms with Crippen molar-refractivity contribution in [3.63, 3.8) is 0 Å². The lowest BCUT2D eigenvalue weighted by atomic mass is 9.99. The third-order valence-electron chi connectivity index (χ3n) is 6.80. The maximum absolute atomic E-state index is 13.6. The predicted octanol–water partition coefficient (Wildman–Crippen LogP) is 9.32. The molecule has 7 heteroatoms. The van der Waals surface area contributed by atoms with E-state index in [-0.39, 0.29) is 5.56 Å². The predicted molar refractivity (Wildman–Crippen MR) is 154 cm³/mol. The van der Waals surface area contributed by atoms with Crippen LogP contribution in [0.5, 0.6) is 0 Å². The summed E-state index contributed by atoms with van der Waals surface area (Å²) in [5.74, 6) is -3.89. The fourth-order valence-corrected chi connectivity index (χ4v) is 5.66. The zero-order chi connectivity index (χ0) is 27.2. The Kier molecular flexibility index (Phi) is 5.86. The number of hydrogen-bond donors (Lipinski definition) is 0. The summed E-state index contributed by atoms with van der Waals surface area (Å²) in [5.41, 5.74) is 8.01. The van der Waals surface area contributed by atoms with E-state index >= 15 is 0 Å². The van der Waals surface area contributed by atoms with Gasteiger partial charge in [-0.15, -0.1) is 11.3 Å². The van der Waals surface area contributed by atoms with Crippen LogP contribution >= 0.6 is 11.3 Å². The van der Waals surface area contributed by atoms with E-state index in [2.05, 4.69) is 23.2 Å². The number of fused-ring (bicyclic) bond motifs is 2. The van der Waals surface area contributed by atoms with Crippen molar-refractivity contribution in [3.05, 3.63) is 127 Å². The highest BCUT2D eigenvalue weighted by molar-refractivity contribution is 7.21. The standard InChI is InChI=1S/C33H18F3N3S/c34-25-15-24(16-26(35)32(25)36)20-7-5-19(6-8-20)23-13-14-27-29(17-23)37-18-30(38-27)21-9-11-22(12-10-21)33-39-28-3-1-2-4-31(28)40-33/h1-18H. The number of thiazole rings is 1. The minimum absolute atomic E-state index is 0.271. The van der Waals surface area contributed by atoms with Gasteiger partial charge in [-0.1, -0.05) is 66.7 Å². The first-order chi connectivity index (χ1) is 19.5. The fourth-order valence-electron chi connectivity index (χ4n) is 4.69. The number of halogens is 3. The van der Waals surface area contributed by atoms with Crippen molar-refractivity contribution < 1.29 is 13.2 Å². The lowest BCUT2D eigenvalue weighted by Gasteiger charge is -2.08. The van der Waals surface area contributed by atoms with Gasteiger partial charge in [0.15, 0.2) is 17.5 Å². The van der Waals surface area contributed by atoms with E-state index in [0.29, 0.717) is 5.56 Å². The van der Waals surface area contributed by atoms with Crippen molar-refractivity contribution in [2.24, 2.45) is 0 Å². The maximum Gasteiger partial charge on any atom is 0.194 e. The third kappa shape index (κ3) is 4.40. The van der Waals surface area contributed by atoms with Crippen LogP contribution in [0.4, 0.5) is 13.2 Å². The van der Waals surface area contributed by atoms with Crippen LogP contribution < -0.4 is 0 Å². The number of aromatic nitrogens is 3. The summed E-state index contributed by atoms with van der Waals surface area (Å²) in [6.07, 6.45) is 1.76. The maximum atomic E-state index is 13.6. The minimum atomic E-state index is -1.47. The summed E-state index contributed by atoms with van der Waals surface area (Å²) in [4.78, 5) is 14.2. The number of para-hydroxylation sites is 1. The summed E-state index contributed by atoms with van der Waals surface area (Å²) in [7, 11) is 0. The fraction of sp³-hybridized carbons (Fsp3) is 0. The van der Waals surface area contributed by atoms with Gasteiger partial charge in [0.1, 0.15) is 5.01 Å². The van der Waals surface area contributed by atoms with E-state index in [1.807, 2.05) is 60.7 Å². The Morgan fingerprint density at radius 2 is 1.12 bits per heavy atom. The molecular weight excluding hydrogens is 527 g/mol. The van der Waals surface area contributed by atoms with E-state index in [1.54, 1.807) is 29.7 Å². The van der Waals surface area contributed by atoms with Crippen molar-refractivity contribution in [1.29, 1.82) is 0 Å². The molecule has 192 valence electrons. The molecule has 3 nitrogen and oxygen atoms in total. The van der Waals surface area contributed by atoms with Crippen LogP contribution in [0.2, 0.25) is 0 Å². The first kappa shape index (κ1) is 24.2. The van der Waals surface area contributed by atoms with Crippen LogP contribution in [-0.4, -0.2) is 15.0 Å². The first-order valence-electron chi connectivity index (χ1n) is 12.5. The monoisotopic (exact) mass is 545 g/mol. The van der Waals surface area contributed by atoms with Crippen LogP contribution in [-0.2, 0) is 0 Å². The molecular formula is C33H18F3N3S. The molecule has 0 aliphatic carbocycles. The van der Waals surface area contributed by atoms with E-state index in [4.69, 9.17) is 9.97 Å². The van der Waals surface area contributed by atoms with E-state index in [1.165, 1.54) is 0 Å². The lowest BCUT2D eigenvalue weighted by molar-refractivity contribution is 0.448. The Labute approximate surface area is 231 Å². The first-order valence-corrected chi connectivity index (χ1v) is 13.3. The SMILES string of the molecule is Fc1cc(-c2ccc(-c3ccc4nc(-c5ccc(-c6nc7ccccc7s6)cc5)cnc4c3)cc2)cc(F)c1F. The number of nitrogens with zero attached hydrogens (tertiary/aromatic N) is 3. The van der Waals surface area contributed by atoms with E-state index in [9.17, 15) is 13.2 Å². The highest BCUT2D eigenvalue weighted by atomic mass is 32.1. The summed E-state index contributed by atoms with van der Waals surface area (Å²) in [5, 5.41) is 0.981. The van der Waals surface area contributed by atoms with E-state index < -0.39 is 17.5 Å². The molecule has 0 radical (unpaired) electrons. The molecule has 7 aromatic rings. The molecule has 0 amide bonds. The third-order valence-corrected chi connectivity index (χ3v) is 7.88. The smallest absolute Gasteiger partial charge is 0.194 e. The molecule has 2 aromatic heterocycles. The molecule has 7 rings (SSSR count). The Bertz CT molecular complexity index is 1980. The highest BCUT2D eigenvalue weighted by Gasteiger charge is 2.12. The van der Waals surface area contributed by atoms with Gasteiger partial charge in [0, 0.05) is 11.1 Å². The van der Waals surface area contributed by atoms with Crippen molar-refractivity contribution in [3.8, 4) is 44.1 Å². The second-order valence-electron chi connectivity index (χ2n) is 9.35. The minimum Gasteiger partial charge on any atom is -0.252 e. The van der Waals surface area contributed by atoms with Crippen molar-refractivity contribution in [2.75, 3.05) is 0 Å².